The summed E-state index contributed by atoms with van der Waals surface area (Å²) in [5, 5.41) is 0.267. The van der Waals surface area contributed by atoms with Crippen LogP contribution in [0.15, 0.2) is 30.3 Å². The van der Waals surface area contributed by atoms with Crippen LogP contribution < -0.4 is 0 Å². The second-order valence-corrected chi connectivity index (χ2v) is 4.46. The Labute approximate surface area is 87.5 Å². The monoisotopic (exact) mass is 214 g/mol. The first kappa shape index (κ1) is 10.6. The van der Waals surface area contributed by atoms with Gasteiger partial charge in [-0.25, -0.2) is 0 Å². The highest BCUT2D eigenvalue weighted by molar-refractivity contribution is 8.14. The van der Waals surface area contributed by atoms with E-state index in [1.165, 1.54) is 11.8 Å². The van der Waals surface area contributed by atoms with Gasteiger partial charge in [-0.1, -0.05) is 49.0 Å². The first-order valence-electron chi connectivity index (χ1n) is 4.06. The highest BCUT2D eigenvalue weighted by Gasteiger charge is 2.10. The summed E-state index contributed by atoms with van der Waals surface area (Å²) < 4.78 is 0. The zero-order chi connectivity index (χ0) is 9.68. The molecule has 0 aliphatic heterocycles. The predicted octanol–water partition coefficient (Wildman–Crippen LogP) is 3.19. The predicted molar refractivity (Wildman–Crippen MR) is 58.5 cm³/mol. The standard InChI is InChI=1S/C10H11ClOS/c1-8(7-11)13-10(12)9-5-3-2-4-6-9/h2-6,8H,7H2,1H3. The van der Waals surface area contributed by atoms with Crippen molar-refractivity contribution in [3.8, 4) is 0 Å². The van der Waals surface area contributed by atoms with Gasteiger partial charge in [-0.2, -0.15) is 0 Å². The molecule has 3 heteroatoms. The number of carbonyl (C=O) groups is 1. The number of rotatable bonds is 3. The quantitative estimate of drug-likeness (QED) is 0.719. The third-order valence-corrected chi connectivity index (χ3v) is 3.20. The fourth-order valence-electron chi connectivity index (χ4n) is 0.856. The maximum absolute atomic E-state index is 11.5. The summed E-state index contributed by atoms with van der Waals surface area (Å²) in [5.74, 6) is 0.503. The number of carbonyl (C=O) groups excluding carboxylic acids is 1. The minimum absolute atomic E-state index is 0.0914. The molecule has 0 N–H and O–H groups in total. The van der Waals surface area contributed by atoms with E-state index in [1.807, 2.05) is 37.3 Å². The van der Waals surface area contributed by atoms with E-state index in [1.54, 1.807) is 0 Å². The van der Waals surface area contributed by atoms with Crippen LogP contribution in [-0.4, -0.2) is 16.2 Å². The SMILES string of the molecule is CC(CCl)SC(=O)c1ccccc1. The summed E-state index contributed by atoms with van der Waals surface area (Å²) in [6, 6.07) is 9.25. The van der Waals surface area contributed by atoms with E-state index in [0.717, 1.165) is 5.56 Å². The van der Waals surface area contributed by atoms with Gasteiger partial charge in [-0.05, 0) is 0 Å². The molecule has 0 aliphatic carbocycles. The first-order chi connectivity index (χ1) is 6.24. The normalized spacial score (nSPS) is 12.5. The molecule has 1 aromatic rings. The van der Waals surface area contributed by atoms with Crippen LogP contribution in [-0.2, 0) is 0 Å². The van der Waals surface area contributed by atoms with Crippen LogP contribution in [0.3, 0.4) is 0 Å². The molecule has 0 heterocycles. The van der Waals surface area contributed by atoms with E-state index in [-0.39, 0.29) is 10.4 Å². The average molecular weight is 215 g/mol. The molecule has 0 spiro atoms. The lowest BCUT2D eigenvalue weighted by Gasteiger charge is -2.04. The molecule has 0 saturated heterocycles. The van der Waals surface area contributed by atoms with E-state index < -0.39 is 0 Å². The molecule has 0 aliphatic rings. The van der Waals surface area contributed by atoms with Gasteiger partial charge in [0.1, 0.15) is 0 Å². The smallest absolute Gasteiger partial charge is 0.219 e. The van der Waals surface area contributed by atoms with Gasteiger partial charge >= 0.3 is 0 Å². The second kappa shape index (κ2) is 5.30. The third-order valence-electron chi connectivity index (χ3n) is 1.54. The Bertz CT molecular complexity index is 274. The first-order valence-corrected chi connectivity index (χ1v) is 5.47. The van der Waals surface area contributed by atoms with Crippen LogP contribution in [0, 0.1) is 0 Å². The second-order valence-electron chi connectivity index (χ2n) is 2.74. The molecular weight excluding hydrogens is 204 g/mol. The summed E-state index contributed by atoms with van der Waals surface area (Å²) in [7, 11) is 0. The van der Waals surface area contributed by atoms with Gasteiger partial charge < -0.3 is 0 Å². The van der Waals surface area contributed by atoms with Gasteiger partial charge in [-0.3, -0.25) is 4.79 Å². The Morgan fingerprint density at radius 2 is 2.08 bits per heavy atom. The number of hydrogen-bond donors (Lipinski definition) is 0. The van der Waals surface area contributed by atoms with Gasteiger partial charge in [0.15, 0.2) is 0 Å². The zero-order valence-electron chi connectivity index (χ0n) is 7.37. The fourth-order valence-corrected chi connectivity index (χ4v) is 1.75. The van der Waals surface area contributed by atoms with Gasteiger partial charge in [0.25, 0.3) is 0 Å². The van der Waals surface area contributed by atoms with Crippen molar-refractivity contribution in [2.24, 2.45) is 0 Å². The van der Waals surface area contributed by atoms with Gasteiger partial charge in [0, 0.05) is 16.7 Å². The van der Waals surface area contributed by atoms with E-state index in [4.69, 9.17) is 11.6 Å². The Morgan fingerprint density at radius 3 is 2.62 bits per heavy atom. The van der Waals surface area contributed by atoms with Crippen molar-refractivity contribution < 1.29 is 4.79 Å². The Kier molecular flexibility index (Phi) is 4.33. The highest BCUT2D eigenvalue weighted by atomic mass is 35.5. The number of hydrogen-bond acceptors (Lipinski definition) is 2. The maximum atomic E-state index is 11.5. The lowest BCUT2D eigenvalue weighted by molar-refractivity contribution is 0.108. The molecule has 0 aromatic heterocycles. The largest absolute Gasteiger partial charge is 0.282 e. The van der Waals surface area contributed by atoms with E-state index in [9.17, 15) is 4.79 Å². The Hall–Kier alpha value is -0.470. The molecule has 0 amide bonds. The highest BCUT2D eigenvalue weighted by Crippen LogP contribution is 2.18. The lowest BCUT2D eigenvalue weighted by Crippen LogP contribution is -2.03. The van der Waals surface area contributed by atoms with E-state index in [0.29, 0.717) is 5.88 Å². The molecule has 13 heavy (non-hydrogen) atoms. The molecule has 1 unspecified atom stereocenters. The van der Waals surface area contributed by atoms with Crippen molar-refractivity contribution in [3.63, 3.8) is 0 Å². The maximum Gasteiger partial charge on any atom is 0.219 e. The van der Waals surface area contributed by atoms with Crippen LogP contribution in [0.1, 0.15) is 17.3 Å². The summed E-state index contributed by atoms with van der Waals surface area (Å²) in [6.07, 6.45) is 0. The number of halogens is 1. The summed E-state index contributed by atoms with van der Waals surface area (Å²) in [5.41, 5.74) is 0.740. The van der Waals surface area contributed by atoms with Crippen molar-refractivity contribution >= 4 is 28.5 Å². The summed E-state index contributed by atoms with van der Waals surface area (Å²) >= 11 is 6.89. The van der Waals surface area contributed by atoms with Crippen LogP contribution in [0.2, 0.25) is 0 Å². The van der Waals surface area contributed by atoms with Crippen molar-refractivity contribution in [3.05, 3.63) is 35.9 Å². The zero-order valence-corrected chi connectivity index (χ0v) is 8.94. The van der Waals surface area contributed by atoms with Crippen LogP contribution in [0.25, 0.3) is 0 Å². The van der Waals surface area contributed by atoms with Gasteiger partial charge in [0.05, 0.1) is 0 Å². The molecule has 70 valence electrons. The minimum atomic E-state index is 0.0914. The summed E-state index contributed by atoms with van der Waals surface area (Å²) in [4.78, 5) is 11.5. The van der Waals surface area contributed by atoms with Crippen LogP contribution in [0.4, 0.5) is 0 Å². The van der Waals surface area contributed by atoms with Crippen molar-refractivity contribution in [1.82, 2.24) is 0 Å². The molecule has 1 rings (SSSR count). The molecule has 0 saturated carbocycles. The van der Waals surface area contributed by atoms with Crippen LogP contribution in [0.5, 0.6) is 0 Å². The average Bonchev–Trinajstić information content (AvgIpc) is 2.19. The molecule has 1 nitrogen and oxygen atoms in total. The molecule has 0 fully saturated rings. The Morgan fingerprint density at radius 1 is 1.46 bits per heavy atom. The van der Waals surface area contributed by atoms with Gasteiger partial charge in [0.2, 0.25) is 5.12 Å². The molecule has 0 bridgehead atoms. The lowest BCUT2D eigenvalue weighted by atomic mass is 10.2. The Balaban J connectivity index is 2.59. The van der Waals surface area contributed by atoms with Crippen molar-refractivity contribution in [2.45, 2.75) is 12.2 Å². The number of benzene rings is 1. The summed E-state index contributed by atoms with van der Waals surface area (Å²) in [6.45, 7) is 1.94. The molecule has 0 radical (unpaired) electrons. The van der Waals surface area contributed by atoms with Crippen LogP contribution >= 0.6 is 23.4 Å². The third kappa shape index (κ3) is 3.41. The molecule has 1 aromatic carbocycles. The minimum Gasteiger partial charge on any atom is -0.282 e. The number of alkyl halides is 1. The van der Waals surface area contributed by atoms with E-state index in [2.05, 4.69) is 0 Å². The topological polar surface area (TPSA) is 17.1 Å². The van der Waals surface area contributed by atoms with Crippen molar-refractivity contribution in [1.29, 1.82) is 0 Å². The molecule has 1 atom stereocenters. The molecular formula is C10H11ClOS. The van der Waals surface area contributed by atoms with E-state index >= 15 is 0 Å². The number of thioether (sulfide) groups is 1. The van der Waals surface area contributed by atoms with Gasteiger partial charge in [-0.15, -0.1) is 11.6 Å². The fraction of sp³-hybridized carbons (Fsp3) is 0.300. The van der Waals surface area contributed by atoms with Crippen molar-refractivity contribution in [2.75, 3.05) is 5.88 Å².